The fourth-order valence-electron chi connectivity index (χ4n) is 6.46. The topological polar surface area (TPSA) is 192 Å². The third-order valence-corrected chi connectivity index (χ3v) is 10.4. The number of carbonyl (C=O) groups excluding carboxylic acids is 5. The van der Waals surface area contributed by atoms with Crippen LogP contribution in [0.5, 0.6) is 5.75 Å². The van der Waals surface area contributed by atoms with Crippen molar-refractivity contribution in [3.63, 3.8) is 0 Å². The second kappa shape index (κ2) is 19.9. The lowest BCUT2D eigenvalue weighted by Gasteiger charge is -2.27. The highest BCUT2D eigenvalue weighted by molar-refractivity contribution is 7.09. The molecule has 2 aliphatic heterocycles. The first-order valence-corrected chi connectivity index (χ1v) is 19.6. The van der Waals surface area contributed by atoms with Gasteiger partial charge in [0, 0.05) is 30.6 Å². The minimum absolute atomic E-state index is 0.0252. The van der Waals surface area contributed by atoms with Crippen molar-refractivity contribution in [3.8, 4) is 16.9 Å². The van der Waals surface area contributed by atoms with E-state index in [0.717, 1.165) is 21.6 Å². The zero-order valence-corrected chi connectivity index (χ0v) is 32.2. The Morgan fingerprint density at radius 2 is 1.21 bits per heavy atom. The van der Waals surface area contributed by atoms with Crippen LogP contribution in [-0.4, -0.2) is 77.9 Å². The highest BCUT2D eigenvalue weighted by atomic mass is 32.1. The van der Waals surface area contributed by atoms with Gasteiger partial charge in [-0.15, -0.1) is 11.3 Å². The maximum atomic E-state index is 14.4. The van der Waals surface area contributed by atoms with E-state index in [0.29, 0.717) is 16.9 Å². The summed E-state index contributed by atoms with van der Waals surface area (Å²) in [6.07, 6.45) is 0.168. The summed E-state index contributed by atoms with van der Waals surface area (Å²) in [5.74, 6) is -4.25. The van der Waals surface area contributed by atoms with Crippen LogP contribution in [0.1, 0.15) is 21.6 Å². The number of aliphatic carboxylic acids is 1. The molecule has 1 aromatic heterocycles. The van der Waals surface area contributed by atoms with Gasteiger partial charge < -0.3 is 36.4 Å². The highest BCUT2D eigenvalue weighted by Crippen LogP contribution is 2.21. The molecule has 5 amide bonds. The van der Waals surface area contributed by atoms with Gasteiger partial charge >= 0.3 is 5.97 Å². The van der Waals surface area contributed by atoms with Crippen molar-refractivity contribution in [1.82, 2.24) is 26.6 Å². The summed E-state index contributed by atoms with van der Waals surface area (Å²) in [5, 5.41) is 24.6. The predicted molar refractivity (Wildman–Crippen MR) is 218 cm³/mol. The molecule has 4 unspecified atom stereocenters. The second-order valence-electron chi connectivity index (χ2n) is 13.8. The summed E-state index contributed by atoms with van der Waals surface area (Å²) >= 11 is 1.42. The molecule has 4 aromatic carbocycles. The number of benzene rings is 4. The number of carboxylic acid groups (broad SMARTS) is 1. The van der Waals surface area contributed by atoms with E-state index in [9.17, 15) is 33.9 Å². The number of amides is 5. The lowest BCUT2D eigenvalue weighted by Crippen LogP contribution is -2.59. The van der Waals surface area contributed by atoms with Gasteiger partial charge in [0.25, 0.3) is 5.91 Å². The average molecular weight is 802 g/mol. The van der Waals surface area contributed by atoms with Crippen molar-refractivity contribution in [2.45, 2.75) is 49.9 Å². The number of fused-ring (bicyclic) bond motifs is 16. The number of hydrogen-bond acceptors (Lipinski definition) is 8. The van der Waals surface area contributed by atoms with Crippen LogP contribution < -0.4 is 31.3 Å². The molecule has 4 atom stereocenters. The van der Waals surface area contributed by atoms with Crippen LogP contribution in [0, 0.1) is 0 Å². The molecule has 14 heteroatoms. The van der Waals surface area contributed by atoms with E-state index in [4.69, 9.17) is 4.74 Å². The maximum absolute atomic E-state index is 14.4. The maximum Gasteiger partial charge on any atom is 0.322 e. The Balaban J connectivity index is 1.35. The Morgan fingerprint density at radius 1 is 0.638 bits per heavy atom. The Morgan fingerprint density at radius 3 is 1.81 bits per heavy atom. The van der Waals surface area contributed by atoms with Crippen molar-refractivity contribution < 1.29 is 38.6 Å². The number of nitrogens with one attached hydrogen (secondary N) is 5. The minimum Gasteiger partial charge on any atom is -0.484 e. The fraction of sp³-hybridized carbons (Fsp3) is 0.227. The molecule has 0 spiro atoms. The van der Waals surface area contributed by atoms with Gasteiger partial charge in [-0.1, -0.05) is 103 Å². The summed E-state index contributed by atoms with van der Waals surface area (Å²) in [6, 6.07) is 31.7. The highest BCUT2D eigenvalue weighted by Gasteiger charge is 2.32. The summed E-state index contributed by atoms with van der Waals surface area (Å²) in [5.41, 5.74) is 3.98. The van der Waals surface area contributed by atoms with Crippen molar-refractivity contribution >= 4 is 46.8 Å². The molecule has 0 aliphatic carbocycles. The molecule has 0 saturated carbocycles. The molecule has 13 nitrogen and oxygen atoms in total. The van der Waals surface area contributed by atoms with Crippen LogP contribution in [0.4, 0.5) is 0 Å². The first kappa shape index (κ1) is 40.9. The summed E-state index contributed by atoms with van der Waals surface area (Å²) in [6.45, 7) is -1.09. The third kappa shape index (κ3) is 11.9. The molecular formula is C44H43N5O8S. The SMILES string of the molecule is O=C(O)CNC(=O)C1Cc2ccc(cc2)OCC(=O)NC(Cc2cccs2)C(=O)NC(Cc2ccc(-c3ccccc3)cc2)C(=O)NC(Cc2ccccc2)C(=O)N1. The van der Waals surface area contributed by atoms with E-state index >= 15 is 0 Å². The zero-order chi connectivity index (χ0) is 40.9. The Kier molecular flexibility index (Phi) is 14.0. The molecule has 298 valence electrons. The first-order valence-electron chi connectivity index (χ1n) is 18.7. The minimum atomic E-state index is -1.27. The lowest BCUT2D eigenvalue weighted by molar-refractivity contribution is -0.138. The monoisotopic (exact) mass is 801 g/mol. The predicted octanol–water partition coefficient (Wildman–Crippen LogP) is 3.22. The Labute approximate surface area is 339 Å². The standard InChI is InChI=1S/C44H43N5O8S/c50-39-27-57-33-19-15-30(16-20-33)23-35(41(53)45-26-40(51)52)47-42(54)36(22-28-8-3-1-4-9-28)48-43(55)37(49-44(56)38(46-39)25-34-12-7-21-58-34)24-29-13-17-32(18-14-29)31-10-5-2-6-11-31/h1-21,35-38H,22-27H2,(H,45,53)(H,46,50)(H,47,54)(H,48,55)(H,49,56)(H,51,52). The summed E-state index contributed by atoms with van der Waals surface area (Å²) in [4.78, 5) is 81.6. The number of thiophene rings is 1. The fourth-order valence-corrected chi connectivity index (χ4v) is 7.21. The quantitative estimate of drug-likeness (QED) is 0.116. The molecule has 6 N–H and O–H groups in total. The van der Waals surface area contributed by atoms with E-state index in [-0.39, 0.29) is 25.7 Å². The lowest BCUT2D eigenvalue weighted by atomic mass is 9.99. The molecule has 2 aliphatic rings. The zero-order valence-electron chi connectivity index (χ0n) is 31.4. The number of hydrogen-bond donors (Lipinski definition) is 6. The van der Waals surface area contributed by atoms with Crippen molar-refractivity contribution in [2.24, 2.45) is 0 Å². The second-order valence-corrected chi connectivity index (χ2v) is 14.8. The number of carbonyl (C=O) groups is 6. The smallest absolute Gasteiger partial charge is 0.322 e. The van der Waals surface area contributed by atoms with Crippen molar-refractivity contribution in [3.05, 3.63) is 148 Å². The van der Waals surface area contributed by atoms with Crippen molar-refractivity contribution in [2.75, 3.05) is 13.2 Å². The van der Waals surface area contributed by atoms with Gasteiger partial charge in [-0.25, -0.2) is 0 Å². The van der Waals surface area contributed by atoms with Gasteiger partial charge in [-0.05, 0) is 51.4 Å². The Bertz CT molecular complexity index is 2180. The van der Waals surface area contributed by atoms with E-state index in [2.05, 4.69) is 26.6 Å². The summed E-state index contributed by atoms with van der Waals surface area (Å²) < 4.78 is 5.72. The molecule has 58 heavy (non-hydrogen) atoms. The van der Waals surface area contributed by atoms with Gasteiger partial charge in [0.15, 0.2) is 6.61 Å². The molecule has 7 rings (SSSR count). The molecule has 0 fully saturated rings. The van der Waals surface area contributed by atoms with Crippen LogP contribution in [-0.2, 0) is 54.5 Å². The van der Waals surface area contributed by atoms with Crippen LogP contribution >= 0.6 is 11.3 Å². The molecular weight excluding hydrogens is 759 g/mol. The van der Waals surface area contributed by atoms with Gasteiger partial charge in [0.2, 0.25) is 23.6 Å². The van der Waals surface area contributed by atoms with Crippen LogP contribution in [0.25, 0.3) is 11.1 Å². The molecule has 0 radical (unpaired) electrons. The summed E-state index contributed by atoms with van der Waals surface area (Å²) in [7, 11) is 0. The van der Waals surface area contributed by atoms with E-state index in [1.165, 1.54) is 11.3 Å². The van der Waals surface area contributed by atoms with E-state index in [1.807, 2.05) is 78.2 Å². The van der Waals surface area contributed by atoms with Crippen molar-refractivity contribution in [1.29, 1.82) is 0 Å². The largest absolute Gasteiger partial charge is 0.484 e. The average Bonchev–Trinajstić information content (AvgIpc) is 3.75. The van der Waals surface area contributed by atoms with Crippen LogP contribution in [0.3, 0.4) is 0 Å². The molecule has 2 bridgehead atoms. The van der Waals surface area contributed by atoms with Gasteiger partial charge in [0.1, 0.15) is 36.5 Å². The normalized spacial score (nSPS) is 19.2. The Hall–Kier alpha value is -6.80. The first-order chi connectivity index (χ1) is 28.1. The third-order valence-electron chi connectivity index (χ3n) is 9.47. The number of ether oxygens (including phenoxy) is 1. The van der Waals surface area contributed by atoms with Gasteiger partial charge in [-0.3, -0.25) is 28.8 Å². The van der Waals surface area contributed by atoms with Gasteiger partial charge in [0.05, 0.1) is 0 Å². The molecule has 0 saturated heterocycles. The number of rotatable bonds is 10. The number of carboxylic acids is 1. The van der Waals surface area contributed by atoms with E-state index < -0.39 is 72.8 Å². The van der Waals surface area contributed by atoms with Crippen LogP contribution in [0.2, 0.25) is 0 Å². The molecule has 3 heterocycles. The van der Waals surface area contributed by atoms with Gasteiger partial charge in [-0.2, -0.15) is 0 Å². The molecule has 5 aromatic rings. The van der Waals surface area contributed by atoms with E-state index in [1.54, 1.807) is 48.5 Å². The van der Waals surface area contributed by atoms with Crippen LogP contribution in [0.15, 0.2) is 127 Å².